The van der Waals surface area contributed by atoms with Crippen LogP contribution in [0.1, 0.15) is 12.5 Å². The van der Waals surface area contributed by atoms with Crippen molar-refractivity contribution >= 4 is 21.5 Å². The van der Waals surface area contributed by atoms with Gasteiger partial charge >= 0.3 is 0 Å². The van der Waals surface area contributed by atoms with E-state index >= 15 is 0 Å². The summed E-state index contributed by atoms with van der Waals surface area (Å²) in [6.07, 6.45) is 7.88. The van der Waals surface area contributed by atoms with E-state index in [1.165, 1.54) is 23.7 Å². The van der Waals surface area contributed by atoms with E-state index in [4.69, 9.17) is 0 Å². The number of hydrogen-bond acceptors (Lipinski definition) is 4. The van der Waals surface area contributed by atoms with Crippen molar-refractivity contribution in [2.45, 2.75) is 12.5 Å². The van der Waals surface area contributed by atoms with E-state index in [9.17, 15) is 19.2 Å². The van der Waals surface area contributed by atoms with Gasteiger partial charge in [-0.15, -0.1) is 0 Å². The standard InChI is InChI=1S/C17H12N2O4/c1-18-14(20)10-7-12-13(8-11(10)15(18)21)17(23)19(16(12)22)9-5-3-2-4-6-9/h2-5,7-9H,6H2,1H3. The normalized spacial score (nSPS) is 17.5. The Bertz CT molecular complexity index is 1150. The summed E-state index contributed by atoms with van der Waals surface area (Å²) in [6, 6.07) is 2.41. The molecule has 0 saturated carbocycles. The molecule has 1 atom stereocenters. The smallest absolute Gasteiger partial charge is 0.262 e. The Morgan fingerprint density at radius 1 is 0.826 bits per heavy atom. The zero-order valence-electron chi connectivity index (χ0n) is 12.3. The maximum Gasteiger partial charge on any atom is 0.262 e. The number of aromatic nitrogens is 2. The first-order valence-electron chi connectivity index (χ1n) is 7.22. The Kier molecular flexibility index (Phi) is 2.66. The second kappa shape index (κ2) is 4.49. The van der Waals surface area contributed by atoms with Gasteiger partial charge in [0.15, 0.2) is 0 Å². The van der Waals surface area contributed by atoms with E-state index in [0.717, 1.165) is 4.57 Å². The van der Waals surface area contributed by atoms with Gasteiger partial charge < -0.3 is 0 Å². The Morgan fingerprint density at radius 3 is 1.83 bits per heavy atom. The highest BCUT2D eigenvalue weighted by Crippen LogP contribution is 2.19. The lowest BCUT2D eigenvalue weighted by molar-refractivity contribution is 0.581. The molecule has 1 aromatic carbocycles. The second-order valence-electron chi connectivity index (χ2n) is 5.71. The average molecular weight is 308 g/mol. The van der Waals surface area contributed by atoms with E-state index in [2.05, 4.69) is 0 Å². The van der Waals surface area contributed by atoms with Gasteiger partial charge in [-0.25, -0.2) is 0 Å². The van der Waals surface area contributed by atoms with Crippen LogP contribution in [0.4, 0.5) is 0 Å². The molecule has 3 aromatic rings. The van der Waals surface area contributed by atoms with Gasteiger partial charge in [0.2, 0.25) is 0 Å². The quantitative estimate of drug-likeness (QED) is 0.656. The number of fused-ring (bicyclic) bond motifs is 2. The van der Waals surface area contributed by atoms with Crippen LogP contribution >= 0.6 is 0 Å². The first kappa shape index (κ1) is 13.6. The summed E-state index contributed by atoms with van der Waals surface area (Å²) in [5.74, 6) is 0. The molecular formula is C17H12N2O4. The van der Waals surface area contributed by atoms with E-state index in [0.29, 0.717) is 6.42 Å². The summed E-state index contributed by atoms with van der Waals surface area (Å²) in [6.45, 7) is 0. The largest absolute Gasteiger partial charge is 0.277 e. The third-order valence-corrected chi connectivity index (χ3v) is 4.42. The van der Waals surface area contributed by atoms with Gasteiger partial charge in [0.25, 0.3) is 22.2 Å². The van der Waals surface area contributed by atoms with Crippen LogP contribution in [0, 0.1) is 0 Å². The molecular weight excluding hydrogens is 296 g/mol. The summed E-state index contributed by atoms with van der Waals surface area (Å²) in [4.78, 5) is 49.3. The van der Waals surface area contributed by atoms with E-state index in [-0.39, 0.29) is 27.6 Å². The number of nitrogens with zero attached hydrogens (tertiary/aromatic N) is 2. The zero-order valence-corrected chi connectivity index (χ0v) is 12.3. The van der Waals surface area contributed by atoms with Crippen LogP contribution in [0.5, 0.6) is 0 Å². The van der Waals surface area contributed by atoms with Crippen molar-refractivity contribution in [2.75, 3.05) is 0 Å². The Balaban J connectivity index is 2.14. The van der Waals surface area contributed by atoms with Crippen LogP contribution in [0.3, 0.4) is 0 Å². The minimum Gasteiger partial charge on any atom is -0.277 e. The molecule has 6 nitrogen and oxygen atoms in total. The van der Waals surface area contributed by atoms with Gasteiger partial charge in [0, 0.05) is 7.05 Å². The van der Waals surface area contributed by atoms with Crippen molar-refractivity contribution in [3.8, 4) is 0 Å². The molecule has 0 bridgehead atoms. The fraction of sp³-hybridized carbons (Fsp3) is 0.176. The lowest BCUT2D eigenvalue weighted by Gasteiger charge is -2.12. The molecule has 2 aromatic heterocycles. The number of rotatable bonds is 1. The maximum absolute atomic E-state index is 12.6. The predicted molar refractivity (Wildman–Crippen MR) is 87.8 cm³/mol. The molecule has 0 N–H and O–H groups in total. The molecule has 1 unspecified atom stereocenters. The molecule has 0 fully saturated rings. The molecule has 0 spiro atoms. The molecule has 0 amide bonds. The minimum atomic E-state index is -0.452. The fourth-order valence-corrected chi connectivity index (χ4v) is 3.17. The zero-order chi connectivity index (χ0) is 16.3. The van der Waals surface area contributed by atoms with Crippen LogP contribution in [-0.2, 0) is 7.05 Å². The van der Waals surface area contributed by atoms with Crippen molar-refractivity contribution in [2.24, 2.45) is 7.05 Å². The Morgan fingerprint density at radius 2 is 1.35 bits per heavy atom. The monoisotopic (exact) mass is 308 g/mol. The van der Waals surface area contributed by atoms with E-state index in [1.807, 2.05) is 12.2 Å². The lowest BCUT2D eigenvalue weighted by Crippen LogP contribution is -2.29. The van der Waals surface area contributed by atoms with Gasteiger partial charge in [0.1, 0.15) is 0 Å². The second-order valence-corrected chi connectivity index (χ2v) is 5.71. The number of hydrogen-bond donors (Lipinski definition) is 0. The van der Waals surface area contributed by atoms with Crippen LogP contribution in [0.2, 0.25) is 0 Å². The third-order valence-electron chi connectivity index (χ3n) is 4.42. The summed E-state index contributed by atoms with van der Waals surface area (Å²) in [5, 5.41) is 0.734. The Hall–Kier alpha value is -3.02. The van der Waals surface area contributed by atoms with Gasteiger partial charge in [-0.1, -0.05) is 24.3 Å². The molecule has 6 heteroatoms. The van der Waals surface area contributed by atoms with Gasteiger partial charge in [-0.05, 0) is 18.6 Å². The molecule has 0 aliphatic heterocycles. The highest BCUT2D eigenvalue weighted by molar-refractivity contribution is 5.97. The molecule has 2 heterocycles. The van der Waals surface area contributed by atoms with Gasteiger partial charge in [0.05, 0.1) is 27.6 Å². The van der Waals surface area contributed by atoms with Crippen molar-refractivity contribution < 1.29 is 0 Å². The maximum atomic E-state index is 12.6. The number of allylic oxidation sites excluding steroid dienone is 4. The highest BCUT2D eigenvalue weighted by Gasteiger charge is 2.21. The summed E-state index contributed by atoms with van der Waals surface area (Å²) >= 11 is 0. The minimum absolute atomic E-state index is 0.179. The SMILES string of the molecule is Cn1c(=O)c2cc3c(=O)n(C4C=CC=CC4)c(=O)c3cc2c1=O. The van der Waals surface area contributed by atoms with Gasteiger partial charge in [-0.2, -0.15) is 0 Å². The van der Waals surface area contributed by atoms with Gasteiger partial charge in [-0.3, -0.25) is 28.3 Å². The van der Waals surface area contributed by atoms with E-state index < -0.39 is 22.2 Å². The van der Waals surface area contributed by atoms with Crippen LogP contribution in [0.25, 0.3) is 21.5 Å². The van der Waals surface area contributed by atoms with Crippen molar-refractivity contribution in [3.63, 3.8) is 0 Å². The molecule has 23 heavy (non-hydrogen) atoms. The molecule has 0 radical (unpaired) electrons. The van der Waals surface area contributed by atoms with Crippen LogP contribution < -0.4 is 22.2 Å². The number of benzene rings is 1. The fourth-order valence-electron chi connectivity index (χ4n) is 3.17. The molecule has 1 aliphatic carbocycles. The third kappa shape index (κ3) is 1.69. The Labute approximate surface area is 128 Å². The lowest BCUT2D eigenvalue weighted by atomic mass is 10.1. The summed E-state index contributed by atoms with van der Waals surface area (Å²) in [5.41, 5.74) is -1.75. The van der Waals surface area contributed by atoms with E-state index in [1.54, 1.807) is 12.2 Å². The molecule has 0 saturated heterocycles. The van der Waals surface area contributed by atoms with Crippen LogP contribution in [0.15, 0.2) is 55.6 Å². The first-order valence-corrected chi connectivity index (χ1v) is 7.22. The van der Waals surface area contributed by atoms with Crippen molar-refractivity contribution in [1.82, 2.24) is 9.13 Å². The predicted octanol–water partition coefficient (Wildman–Crippen LogP) is 0.507. The molecule has 4 rings (SSSR count). The average Bonchev–Trinajstić information content (AvgIpc) is 2.94. The van der Waals surface area contributed by atoms with Crippen molar-refractivity contribution in [1.29, 1.82) is 0 Å². The molecule has 1 aliphatic rings. The highest BCUT2D eigenvalue weighted by atomic mass is 16.2. The molecule has 114 valence electrons. The van der Waals surface area contributed by atoms with Crippen LogP contribution in [-0.4, -0.2) is 9.13 Å². The first-order chi connectivity index (χ1) is 11.0. The summed E-state index contributed by atoms with van der Waals surface area (Å²) in [7, 11) is 1.38. The summed E-state index contributed by atoms with van der Waals surface area (Å²) < 4.78 is 2.18. The topological polar surface area (TPSA) is 78.1 Å². The van der Waals surface area contributed by atoms with Crippen molar-refractivity contribution in [3.05, 3.63) is 77.9 Å².